The maximum Gasteiger partial charge on any atom is 0.147 e. The smallest absolute Gasteiger partial charge is 0.147 e. The van der Waals surface area contributed by atoms with Gasteiger partial charge in [-0.3, -0.25) is 0 Å². The molecule has 0 atom stereocenters. The molecular formula is C16H28ClN3. The van der Waals surface area contributed by atoms with Gasteiger partial charge in [-0.05, 0) is 31.1 Å². The van der Waals surface area contributed by atoms with E-state index < -0.39 is 0 Å². The first kappa shape index (κ1) is 15.8. The van der Waals surface area contributed by atoms with Gasteiger partial charge in [0.1, 0.15) is 11.6 Å². The summed E-state index contributed by atoms with van der Waals surface area (Å²) in [5, 5.41) is 8.94. The van der Waals surface area contributed by atoms with Crippen LogP contribution in [0.1, 0.15) is 71.4 Å². The van der Waals surface area contributed by atoms with Crippen LogP contribution in [0.5, 0.6) is 0 Å². The quantitative estimate of drug-likeness (QED) is 0.722. The summed E-state index contributed by atoms with van der Waals surface area (Å²) in [6.45, 7) is 10.1. The SMILES string of the molecule is CC(C)Cn1c(CCl)nnc1C1(CC(C)C)CCCC1. The molecular weight excluding hydrogens is 270 g/mol. The summed E-state index contributed by atoms with van der Waals surface area (Å²) in [5.41, 5.74) is 0.236. The van der Waals surface area contributed by atoms with Crippen LogP contribution < -0.4 is 0 Å². The second-order valence-corrected chi connectivity index (χ2v) is 7.43. The molecule has 0 unspecified atom stereocenters. The van der Waals surface area contributed by atoms with Crippen LogP contribution in [0.4, 0.5) is 0 Å². The summed E-state index contributed by atoms with van der Waals surface area (Å²) >= 11 is 6.06. The fraction of sp³-hybridized carbons (Fsp3) is 0.875. The molecule has 20 heavy (non-hydrogen) atoms. The average Bonchev–Trinajstić information content (AvgIpc) is 2.95. The van der Waals surface area contributed by atoms with Crippen LogP contribution >= 0.6 is 11.6 Å². The molecule has 0 aromatic carbocycles. The highest BCUT2D eigenvalue weighted by atomic mass is 35.5. The molecule has 0 bridgehead atoms. The highest BCUT2D eigenvalue weighted by Crippen LogP contribution is 2.45. The number of alkyl halides is 1. The predicted molar refractivity (Wildman–Crippen MR) is 84.0 cm³/mol. The van der Waals surface area contributed by atoms with E-state index in [9.17, 15) is 0 Å². The Morgan fingerprint density at radius 3 is 2.25 bits per heavy atom. The summed E-state index contributed by atoms with van der Waals surface area (Å²) in [7, 11) is 0. The van der Waals surface area contributed by atoms with Crippen molar-refractivity contribution in [1.29, 1.82) is 0 Å². The van der Waals surface area contributed by atoms with Crippen LogP contribution in [0.2, 0.25) is 0 Å². The van der Waals surface area contributed by atoms with E-state index in [2.05, 4.69) is 42.5 Å². The van der Waals surface area contributed by atoms with Crippen molar-refractivity contribution in [1.82, 2.24) is 14.8 Å². The van der Waals surface area contributed by atoms with Crippen molar-refractivity contribution in [3.63, 3.8) is 0 Å². The number of aromatic nitrogens is 3. The van der Waals surface area contributed by atoms with E-state index in [-0.39, 0.29) is 5.41 Å². The third-order valence-corrected chi connectivity index (χ3v) is 4.57. The molecule has 1 fully saturated rings. The highest BCUT2D eigenvalue weighted by Gasteiger charge is 2.40. The molecule has 3 nitrogen and oxygen atoms in total. The van der Waals surface area contributed by atoms with Crippen LogP contribution in [0.25, 0.3) is 0 Å². The normalized spacial score (nSPS) is 18.4. The minimum atomic E-state index is 0.236. The fourth-order valence-electron chi connectivity index (χ4n) is 3.74. The zero-order valence-electron chi connectivity index (χ0n) is 13.3. The summed E-state index contributed by atoms with van der Waals surface area (Å²) in [6.07, 6.45) is 6.35. The maximum atomic E-state index is 6.06. The first-order valence-electron chi connectivity index (χ1n) is 7.97. The average molecular weight is 298 g/mol. The van der Waals surface area contributed by atoms with Gasteiger partial charge in [0.15, 0.2) is 0 Å². The molecule has 114 valence electrons. The minimum Gasteiger partial charge on any atom is -0.313 e. The molecule has 1 aliphatic rings. The largest absolute Gasteiger partial charge is 0.313 e. The van der Waals surface area contributed by atoms with Gasteiger partial charge in [0.2, 0.25) is 0 Å². The molecule has 1 heterocycles. The van der Waals surface area contributed by atoms with E-state index in [1.807, 2.05) is 0 Å². The molecule has 0 saturated heterocycles. The lowest BCUT2D eigenvalue weighted by molar-refractivity contribution is 0.310. The van der Waals surface area contributed by atoms with Crippen LogP contribution in [0.3, 0.4) is 0 Å². The Hall–Kier alpha value is -0.570. The molecule has 4 heteroatoms. The Balaban J connectivity index is 2.40. The van der Waals surface area contributed by atoms with Gasteiger partial charge in [-0.25, -0.2) is 0 Å². The summed E-state index contributed by atoms with van der Waals surface area (Å²) < 4.78 is 2.31. The Kier molecular flexibility index (Phi) is 5.11. The molecule has 1 aromatic heterocycles. The molecule has 2 rings (SSSR count). The van der Waals surface area contributed by atoms with Crippen LogP contribution in [-0.4, -0.2) is 14.8 Å². The van der Waals surface area contributed by atoms with Gasteiger partial charge in [0.25, 0.3) is 0 Å². The maximum absolute atomic E-state index is 6.06. The molecule has 0 spiro atoms. The summed E-state index contributed by atoms with van der Waals surface area (Å²) in [5.74, 6) is 3.87. The van der Waals surface area contributed by atoms with Crippen molar-refractivity contribution in [2.24, 2.45) is 11.8 Å². The topological polar surface area (TPSA) is 30.7 Å². The van der Waals surface area contributed by atoms with Gasteiger partial charge in [-0.2, -0.15) is 0 Å². The molecule has 0 aliphatic heterocycles. The molecule has 1 aliphatic carbocycles. The number of hydrogen-bond donors (Lipinski definition) is 0. The second-order valence-electron chi connectivity index (χ2n) is 7.16. The van der Waals surface area contributed by atoms with E-state index in [1.54, 1.807) is 0 Å². The zero-order chi connectivity index (χ0) is 14.8. The molecule has 0 radical (unpaired) electrons. The molecule has 0 N–H and O–H groups in total. The highest BCUT2D eigenvalue weighted by molar-refractivity contribution is 6.16. The van der Waals surface area contributed by atoms with E-state index in [4.69, 9.17) is 11.6 Å². The van der Waals surface area contributed by atoms with Crippen molar-refractivity contribution >= 4 is 11.6 Å². The van der Waals surface area contributed by atoms with E-state index in [0.717, 1.165) is 12.4 Å². The summed E-state index contributed by atoms with van der Waals surface area (Å²) in [4.78, 5) is 0. The Bertz CT molecular complexity index is 431. The number of rotatable bonds is 6. The molecule has 1 aromatic rings. The van der Waals surface area contributed by atoms with Crippen LogP contribution in [-0.2, 0) is 17.8 Å². The number of nitrogens with zero attached hydrogens (tertiary/aromatic N) is 3. The molecule has 0 amide bonds. The predicted octanol–water partition coefficient (Wildman–Crippen LogP) is 4.53. The van der Waals surface area contributed by atoms with Crippen LogP contribution in [0.15, 0.2) is 0 Å². The Labute approximate surface area is 128 Å². The van der Waals surface area contributed by atoms with Crippen molar-refractivity contribution in [2.45, 2.75) is 77.6 Å². The van der Waals surface area contributed by atoms with Gasteiger partial charge in [-0.1, -0.05) is 40.5 Å². The first-order valence-corrected chi connectivity index (χ1v) is 8.50. The van der Waals surface area contributed by atoms with Gasteiger partial charge >= 0.3 is 0 Å². The van der Waals surface area contributed by atoms with E-state index in [0.29, 0.717) is 17.7 Å². The van der Waals surface area contributed by atoms with Crippen molar-refractivity contribution in [2.75, 3.05) is 0 Å². The van der Waals surface area contributed by atoms with Gasteiger partial charge in [-0.15, -0.1) is 21.8 Å². The van der Waals surface area contributed by atoms with Crippen molar-refractivity contribution in [3.05, 3.63) is 11.6 Å². The second kappa shape index (κ2) is 6.46. The lowest BCUT2D eigenvalue weighted by atomic mass is 9.77. The van der Waals surface area contributed by atoms with Crippen LogP contribution in [0, 0.1) is 11.8 Å². The van der Waals surface area contributed by atoms with E-state index >= 15 is 0 Å². The minimum absolute atomic E-state index is 0.236. The fourth-order valence-corrected chi connectivity index (χ4v) is 3.93. The lowest BCUT2D eigenvalue weighted by Crippen LogP contribution is -2.30. The van der Waals surface area contributed by atoms with Gasteiger partial charge < -0.3 is 4.57 Å². The Morgan fingerprint density at radius 2 is 1.75 bits per heavy atom. The standard InChI is InChI=1S/C16H28ClN3/c1-12(2)9-16(7-5-6-8-16)15-19-18-14(10-17)20(15)11-13(3)4/h12-13H,5-11H2,1-4H3. The number of hydrogen-bond acceptors (Lipinski definition) is 2. The molecule has 1 saturated carbocycles. The monoisotopic (exact) mass is 297 g/mol. The summed E-state index contributed by atoms with van der Waals surface area (Å²) in [6, 6.07) is 0. The van der Waals surface area contributed by atoms with Crippen molar-refractivity contribution in [3.8, 4) is 0 Å². The van der Waals surface area contributed by atoms with E-state index in [1.165, 1.54) is 37.9 Å². The van der Waals surface area contributed by atoms with Gasteiger partial charge in [0, 0.05) is 12.0 Å². The number of halogens is 1. The Morgan fingerprint density at radius 1 is 1.10 bits per heavy atom. The van der Waals surface area contributed by atoms with Crippen molar-refractivity contribution < 1.29 is 0 Å². The third-order valence-electron chi connectivity index (χ3n) is 4.33. The third kappa shape index (κ3) is 3.19. The first-order chi connectivity index (χ1) is 9.48. The van der Waals surface area contributed by atoms with Gasteiger partial charge in [0.05, 0.1) is 5.88 Å². The lowest BCUT2D eigenvalue weighted by Gasteiger charge is -2.31. The zero-order valence-corrected chi connectivity index (χ0v) is 14.1.